The second-order valence-electron chi connectivity index (χ2n) is 13.3. The van der Waals surface area contributed by atoms with Crippen molar-refractivity contribution in [1.29, 1.82) is 0 Å². The van der Waals surface area contributed by atoms with Gasteiger partial charge < -0.3 is 4.74 Å². The lowest BCUT2D eigenvalue weighted by Crippen LogP contribution is -2.62. The van der Waals surface area contributed by atoms with Crippen LogP contribution in [0.1, 0.15) is 86.5 Å². The molecule has 0 spiro atoms. The number of ketones is 2. The summed E-state index contributed by atoms with van der Waals surface area (Å²) in [6.07, 6.45) is 13.2. The molecule has 0 aromatic rings. The Morgan fingerprint density at radius 1 is 0.941 bits per heavy atom. The van der Waals surface area contributed by atoms with Gasteiger partial charge in [0.25, 0.3) is 0 Å². The first kappa shape index (κ1) is 23.8. The zero-order valence-corrected chi connectivity index (χ0v) is 22.0. The van der Waals surface area contributed by atoms with Gasteiger partial charge in [0.15, 0.2) is 0 Å². The number of esters is 1. The molecule has 4 nitrogen and oxygen atoms in total. The Bertz CT molecular complexity index is 1090. The average Bonchev–Trinajstić information content (AvgIpc) is 2.80. The minimum Gasteiger partial charge on any atom is -0.469 e. The topological polar surface area (TPSA) is 60.4 Å². The first-order chi connectivity index (χ1) is 15.8. The van der Waals surface area contributed by atoms with Crippen molar-refractivity contribution in [3.8, 4) is 0 Å². The van der Waals surface area contributed by atoms with Crippen LogP contribution < -0.4 is 0 Å². The summed E-state index contributed by atoms with van der Waals surface area (Å²) in [7, 11) is 1.52. The molecule has 0 bridgehead atoms. The third-order valence-corrected chi connectivity index (χ3v) is 11.7. The Labute approximate surface area is 204 Å². The molecule has 0 aromatic carbocycles. The van der Waals surface area contributed by atoms with E-state index >= 15 is 0 Å². The van der Waals surface area contributed by atoms with Crippen LogP contribution in [0.2, 0.25) is 0 Å². The van der Waals surface area contributed by atoms with Gasteiger partial charge in [-0.1, -0.05) is 52.3 Å². The normalized spacial score (nSPS) is 47.8. The predicted octanol–water partition coefficient (Wildman–Crippen LogP) is 6.16. The van der Waals surface area contributed by atoms with Crippen LogP contribution in [-0.4, -0.2) is 24.6 Å². The Morgan fingerprint density at radius 3 is 2.29 bits per heavy atom. The summed E-state index contributed by atoms with van der Waals surface area (Å²) in [5.74, 6) is -0.648. The third kappa shape index (κ3) is 2.74. The number of carbonyl (C=O) groups excluding carboxylic acids is 3. The maximum atomic E-state index is 12.8. The Kier molecular flexibility index (Phi) is 4.92. The molecule has 184 valence electrons. The van der Waals surface area contributed by atoms with Crippen LogP contribution in [0.15, 0.2) is 34.9 Å². The van der Waals surface area contributed by atoms with Gasteiger partial charge in [-0.25, -0.2) is 0 Å². The number of carbonyl (C=O) groups is 3. The van der Waals surface area contributed by atoms with Crippen LogP contribution in [0, 0.1) is 38.9 Å². The van der Waals surface area contributed by atoms with Crippen molar-refractivity contribution in [3.05, 3.63) is 34.9 Å². The number of ether oxygens (including phenoxy) is 1. The Morgan fingerprint density at radius 2 is 1.62 bits per heavy atom. The number of hydrogen-bond donors (Lipinski definition) is 0. The number of Topliss-reactive ketones (excluding diaryl/α,β-unsaturated/α-hetero) is 1. The summed E-state index contributed by atoms with van der Waals surface area (Å²) in [6, 6.07) is 0. The molecule has 0 N–H and O–H groups in total. The quantitative estimate of drug-likeness (QED) is 0.344. The van der Waals surface area contributed by atoms with Crippen LogP contribution in [0.25, 0.3) is 0 Å². The summed E-state index contributed by atoms with van der Waals surface area (Å²) >= 11 is 0. The second kappa shape index (κ2) is 7.04. The molecular formula is C30H40O4. The smallest absolute Gasteiger partial charge is 0.311 e. The standard InChI is InChI=1S/C30H40O4/c1-18-19-8-9-22-28(4,20(19)16-21(31)24(18)32)13-15-30(6)23-17-27(3,25(33)34-7)11-10-26(23,2)12-14-29(22,30)5/h8-9,16,18,23H,10-15,17H2,1-7H3/t18?,23-,26+,27+,28-,29+,30-/m1/s1. The van der Waals surface area contributed by atoms with Gasteiger partial charge >= 0.3 is 5.97 Å². The van der Waals surface area contributed by atoms with E-state index in [9.17, 15) is 14.4 Å². The van der Waals surface area contributed by atoms with E-state index in [2.05, 4.69) is 46.8 Å². The predicted molar refractivity (Wildman–Crippen MR) is 132 cm³/mol. The molecule has 5 aliphatic carbocycles. The fourth-order valence-electron chi connectivity index (χ4n) is 9.02. The molecule has 0 aromatic heterocycles. The summed E-state index contributed by atoms with van der Waals surface area (Å²) in [4.78, 5) is 37.8. The number of hydrogen-bond acceptors (Lipinski definition) is 4. The van der Waals surface area contributed by atoms with Gasteiger partial charge in [0.1, 0.15) is 0 Å². The highest BCUT2D eigenvalue weighted by Crippen LogP contribution is 2.75. The molecule has 34 heavy (non-hydrogen) atoms. The average molecular weight is 465 g/mol. The van der Waals surface area contributed by atoms with Crippen molar-refractivity contribution >= 4 is 17.5 Å². The van der Waals surface area contributed by atoms with Crippen LogP contribution >= 0.6 is 0 Å². The van der Waals surface area contributed by atoms with Gasteiger partial charge in [0.2, 0.25) is 11.6 Å². The Hall–Kier alpha value is -1.97. The fraction of sp³-hybridized carbons (Fsp3) is 0.700. The van der Waals surface area contributed by atoms with Crippen LogP contribution in [0.5, 0.6) is 0 Å². The monoisotopic (exact) mass is 464 g/mol. The van der Waals surface area contributed by atoms with Gasteiger partial charge in [-0.05, 0) is 91.3 Å². The van der Waals surface area contributed by atoms with E-state index < -0.39 is 5.41 Å². The minimum absolute atomic E-state index is 0.0326. The van der Waals surface area contributed by atoms with Gasteiger partial charge in [-0.2, -0.15) is 0 Å². The van der Waals surface area contributed by atoms with Gasteiger partial charge in [-0.15, -0.1) is 0 Å². The Balaban J connectivity index is 1.62. The highest BCUT2D eigenvalue weighted by Gasteiger charge is 2.67. The van der Waals surface area contributed by atoms with Crippen molar-refractivity contribution in [2.24, 2.45) is 38.9 Å². The van der Waals surface area contributed by atoms with E-state index in [0.717, 1.165) is 56.1 Å². The summed E-state index contributed by atoms with van der Waals surface area (Å²) < 4.78 is 5.26. The molecule has 0 radical (unpaired) electrons. The molecule has 5 aliphatic rings. The lowest BCUT2D eigenvalue weighted by Gasteiger charge is -2.70. The van der Waals surface area contributed by atoms with E-state index in [0.29, 0.717) is 5.92 Å². The van der Waals surface area contributed by atoms with Crippen molar-refractivity contribution < 1.29 is 19.1 Å². The van der Waals surface area contributed by atoms with Crippen molar-refractivity contribution in [2.45, 2.75) is 86.5 Å². The minimum atomic E-state index is -0.428. The SMILES string of the molecule is COC(=O)[C@@]1(C)CC[C@@]2(C)CC[C@@]3(C)C4=CC=C5C(=CC(=O)C(=O)C5C)[C@@]4(C)CC[C@]3(C)[C@@H]2C1. The van der Waals surface area contributed by atoms with Crippen molar-refractivity contribution in [2.75, 3.05) is 7.11 Å². The van der Waals surface area contributed by atoms with Crippen LogP contribution in [0.3, 0.4) is 0 Å². The molecule has 0 amide bonds. The van der Waals surface area contributed by atoms with E-state index in [-0.39, 0.29) is 45.1 Å². The van der Waals surface area contributed by atoms with Crippen molar-refractivity contribution in [1.82, 2.24) is 0 Å². The molecular weight excluding hydrogens is 424 g/mol. The number of allylic oxidation sites excluding steroid dienone is 6. The van der Waals surface area contributed by atoms with Gasteiger partial charge in [0.05, 0.1) is 12.5 Å². The van der Waals surface area contributed by atoms with Crippen LogP contribution in [-0.2, 0) is 19.1 Å². The zero-order valence-electron chi connectivity index (χ0n) is 22.0. The van der Waals surface area contributed by atoms with Crippen molar-refractivity contribution in [3.63, 3.8) is 0 Å². The van der Waals surface area contributed by atoms with E-state index in [1.54, 1.807) is 6.08 Å². The van der Waals surface area contributed by atoms with Gasteiger partial charge in [0, 0.05) is 11.3 Å². The first-order valence-electron chi connectivity index (χ1n) is 13.1. The second-order valence-corrected chi connectivity index (χ2v) is 13.3. The maximum absolute atomic E-state index is 12.8. The maximum Gasteiger partial charge on any atom is 0.311 e. The number of fused-ring (bicyclic) bond motifs is 7. The van der Waals surface area contributed by atoms with Gasteiger partial charge in [-0.3, -0.25) is 14.4 Å². The summed E-state index contributed by atoms with van der Waals surface area (Å²) in [5.41, 5.74) is 3.11. The lowest BCUT2D eigenvalue weighted by atomic mass is 9.34. The largest absolute Gasteiger partial charge is 0.469 e. The van der Waals surface area contributed by atoms with E-state index in [1.165, 1.54) is 12.7 Å². The molecule has 1 unspecified atom stereocenters. The highest BCUT2D eigenvalue weighted by molar-refractivity contribution is 6.44. The molecule has 4 heteroatoms. The molecule has 0 aliphatic heterocycles. The molecule has 0 heterocycles. The van der Waals surface area contributed by atoms with Crippen LogP contribution in [0.4, 0.5) is 0 Å². The molecule has 3 saturated carbocycles. The summed E-state index contributed by atoms with van der Waals surface area (Å²) in [5, 5.41) is 0. The highest BCUT2D eigenvalue weighted by atomic mass is 16.5. The first-order valence-corrected chi connectivity index (χ1v) is 13.1. The number of methoxy groups -OCH3 is 1. The fourth-order valence-corrected chi connectivity index (χ4v) is 9.02. The zero-order chi connectivity index (χ0) is 24.9. The van der Waals surface area contributed by atoms with E-state index in [1.807, 2.05) is 6.92 Å². The molecule has 3 fully saturated rings. The summed E-state index contributed by atoms with van der Waals surface area (Å²) in [6.45, 7) is 13.6. The number of rotatable bonds is 1. The third-order valence-electron chi connectivity index (χ3n) is 11.7. The lowest BCUT2D eigenvalue weighted by molar-refractivity contribution is -0.180. The molecule has 7 atom stereocenters. The molecule has 5 rings (SSSR count). The molecule has 0 saturated heterocycles. The van der Waals surface area contributed by atoms with E-state index in [4.69, 9.17) is 4.74 Å².